The topological polar surface area (TPSA) is 61.7 Å². The molecule has 1 unspecified atom stereocenters. The summed E-state index contributed by atoms with van der Waals surface area (Å²) < 4.78 is 1.74. The molecule has 2 saturated heterocycles. The first kappa shape index (κ1) is 17.5. The van der Waals surface area contributed by atoms with Crippen molar-refractivity contribution < 1.29 is 9.59 Å². The number of likely N-dealkylation sites (tertiary alicyclic amines) is 2. The fraction of sp³-hybridized carbons (Fsp3) is 0.737. The zero-order valence-electron chi connectivity index (χ0n) is 16.0. The van der Waals surface area contributed by atoms with Gasteiger partial charge in [0.15, 0.2) is 5.69 Å². The Morgan fingerprint density at radius 1 is 1.15 bits per heavy atom. The summed E-state index contributed by atoms with van der Waals surface area (Å²) >= 11 is 0. The van der Waals surface area contributed by atoms with Crippen LogP contribution in [0.5, 0.6) is 0 Å². The molecule has 0 N–H and O–H groups in total. The highest BCUT2D eigenvalue weighted by Crippen LogP contribution is 2.33. The fourth-order valence-electron chi connectivity index (χ4n) is 4.37. The molecular weight excluding hydrogens is 330 g/mol. The van der Waals surface area contributed by atoms with Gasteiger partial charge in [0, 0.05) is 51.5 Å². The summed E-state index contributed by atoms with van der Waals surface area (Å²) in [4.78, 5) is 31.6. The van der Waals surface area contributed by atoms with Crippen molar-refractivity contribution in [3.05, 3.63) is 17.5 Å². The van der Waals surface area contributed by atoms with Gasteiger partial charge in [0.2, 0.25) is 5.91 Å². The van der Waals surface area contributed by atoms with Crippen molar-refractivity contribution in [3.63, 3.8) is 0 Å². The smallest absolute Gasteiger partial charge is 0.274 e. The van der Waals surface area contributed by atoms with E-state index >= 15 is 0 Å². The molecule has 7 nitrogen and oxygen atoms in total. The van der Waals surface area contributed by atoms with Gasteiger partial charge in [0.05, 0.1) is 6.04 Å². The Balaban J connectivity index is 1.33. The van der Waals surface area contributed by atoms with Crippen LogP contribution in [-0.4, -0.2) is 81.1 Å². The highest BCUT2D eigenvalue weighted by molar-refractivity contribution is 5.92. The van der Waals surface area contributed by atoms with Gasteiger partial charge in [-0.3, -0.25) is 19.2 Å². The van der Waals surface area contributed by atoms with Crippen LogP contribution in [0.3, 0.4) is 0 Å². The highest BCUT2D eigenvalue weighted by atomic mass is 16.2. The Bertz CT molecular complexity index is 683. The summed E-state index contributed by atoms with van der Waals surface area (Å²) in [6.45, 7) is 4.65. The number of rotatable bonds is 4. The fourth-order valence-corrected chi connectivity index (χ4v) is 4.37. The molecule has 1 aromatic rings. The Hall–Kier alpha value is -1.89. The van der Waals surface area contributed by atoms with E-state index in [2.05, 4.69) is 14.9 Å². The maximum atomic E-state index is 12.7. The molecule has 7 heteroatoms. The Kier molecular flexibility index (Phi) is 4.50. The summed E-state index contributed by atoms with van der Waals surface area (Å²) in [7, 11) is 3.73. The predicted molar refractivity (Wildman–Crippen MR) is 97.8 cm³/mol. The molecule has 26 heavy (non-hydrogen) atoms. The minimum absolute atomic E-state index is 0.0102. The minimum atomic E-state index is -0.0102. The van der Waals surface area contributed by atoms with Crippen LogP contribution in [-0.2, 0) is 11.8 Å². The average Bonchev–Trinajstić information content (AvgIpc) is 3.33. The monoisotopic (exact) mass is 359 g/mol. The van der Waals surface area contributed by atoms with Crippen molar-refractivity contribution in [1.82, 2.24) is 24.5 Å². The molecule has 3 heterocycles. The third-order valence-electron chi connectivity index (χ3n) is 6.34. The van der Waals surface area contributed by atoms with E-state index in [1.165, 1.54) is 12.8 Å². The summed E-state index contributed by atoms with van der Waals surface area (Å²) in [5, 5.41) is 4.31. The molecule has 3 aliphatic rings. The second-order valence-electron chi connectivity index (χ2n) is 8.05. The summed E-state index contributed by atoms with van der Waals surface area (Å²) in [5.41, 5.74) is 1.50. The number of carbonyl (C=O) groups excluding carboxylic acids is 2. The lowest BCUT2D eigenvalue weighted by atomic mass is 10.0. The van der Waals surface area contributed by atoms with Crippen LogP contribution < -0.4 is 0 Å². The van der Waals surface area contributed by atoms with E-state index in [1.54, 1.807) is 4.68 Å². The summed E-state index contributed by atoms with van der Waals surface area (Å²) in [6.07, 6.45) is 5.16. The van der Waals surface area contributed by atoms with Crippen LogP contribution in [0, 0.1) is 6.92 Å². The van der Waals surface area contributed by atoms with E-state index in [4.69, 9.17) is 0 Å². The quantitative estimate of drug-likeness (QED) is 0.806. The maximum Gasteiger partial charge on any atom is 0.274 e. The Morgan fingerprint density at radius 3 is 2.42 bits per heavy atom. The predicted octanol–water partition coefficient (Wildman–Crippen LogP) is 1.03. The van der Waals surface area contributed by atoms with Crippen LogP contribution in [0.15, 0.2) is 6.07 Å². The number of carbonyl (C=O) groups is 2. The number of aromatic nitrogens is 2. The number of aryl methyl sites for hydroxylation is 2. The lowest BCUT2D eigenvalue weighted by molar-refractivity contribution is -0.133. The third-order valence-corrected chi connectivity index (χ3v) is 6.34. The van der Waals surface area contributed by atoms with Crippen molar-refractivity contribution in [2.45, 2.75) is 57.2 Å². The van der Waals surface area contributed by atoms with Gasteiger partial charge in [0.1, 0.15) is 0 Å². The van der Waals surface area contributed by atoms with Gasteiger partial charge in [0.25, 0.3) is 5.91 Å². The number of hydrogen-bond acceptors (Lipinski definition) is 4. The third kappa shape index (κ3) is 3.13. The first-order valence-electron chi connectivity index (χ1n) is 9.78. The first-order valence-corrected chi connectivity index (χ1v) is 9.78. The van der Waals surface area contributed by atoms with Gasteiger partial charge in [-0.15, -0.1) is 0 Å². The van der Waals surface area contributed by atoms with Gasteiger partial charge in [-0.1, -0.05) is 0 Å². The van der Waals surface area contributed by atoms with Crippen LogP contribution in [0.1, 0.15) is 48.3 Å². The van der Waals surface area contributed by atoms with E-state index in [0.717, 1.165) is 44.6 Å². The molecule has 0 aromatic carbocycles. The van der Waals surface area contributed by atoms with Crippen LogP contribution in [0.25, 0.3) is 0 Å². The Labute approximate surface area is 154 Å². The molecule has 1 saturated carbocycles. The summed E-state index contributed by atoms with van der Waals surface area (Å²) in [5.74, 6) is 0.323. The molecule has 0 bridgehead atoms. The molecule has 2 aliphatic heterocycles. The van der Waals surface area contributed by atoms with Crippen molar-refractivity contribution in [2.24, 2.45) is 7.05 Å². The number of amides is 2. The molecule has 0 radical (unpaired) electrons. The number of nitrogens with zero attached hydrogens (tertiary/aromatic N) is 5. The first-order chi connectivity index (χ1) is 12.5. The molecule has 1 aromatic heterocycles. The largest absolute Gasteiger partial charge is 0.338 e. The van der Waals surface area contributed by atoms with E-state index in [0.29, 0.717) is 17.6 Å². The van der Waals surface area contributed by atoms with Crippen LogP contribution in [0.4, 0.5) is 0 Å². The van der Waals surface area contributed by atoms with Gasteiger partial charge in [-0.25, -0.2) is 0 Å². The molecule has 0 spiro atoms. The van der Waals surface area contributed by atoms with E-state index in [-0.39, 0.29) is 18.0 Å². The summed E-state index contributed by atoms with van der Waals surface area (Å²) in [6, 6.07) is 2.65. The van der Waals surface area contributed by atoms with E-state index in [9.17, 15) is 9.59 Å². The second-order valence-corrected chi connectivity index (χ2v) is 8.05. The van der Waals surface area contributed by atoms with Gasteiger partial charge >= 0.3 is 0 Å². The zero-order valence-corrected chi connectivity index (χ0v) is 16.0. The van der Waals surface area contributed by atoms with Crippen molar-refractivity contribution in [1.29, 1.82) is 0 Å². The molecule has 2 amide bonds. The number of hydrogen-bond donors (Lipinski definition) is 0. The van der Waals surface area contributed by atoms with E-state index in [1.807, 2.05) is 32.0 Å². The second kappa shape index (κ2) is 6.68. The normalized spacial score (nSPS) is 25.1. The SMILES string of the molecule is Cc1cc(C(=O)N(C)C2CCN(C3CCN(C4CC4)C3=O)CC2)nn1C. The van der Waals surface area contributed by atoms with Gasteiger partial charge in [-0.2, -0.15) is 5.10 Å². The molecule has 4 rings (SSSR count). The Morgan fingerprint density at radius 2 is 1.85 bits per heavy atom. The molecule has 1 aliphatic carbocycles. The standard InChI is InChI=1S/C19H29N5O2/c1-13-12-16(20-22(13)3)18(25)21(2)14-6-9-23(10-7-14)17-8-11-24(19(17)26)15-4-5-15/h12,14-15,17H,4-11H2,1-3H3. The average molecular weight is 359 g/mol. The lowest BCUT2D eigenvalue weighted by Crippen LogP contribution is -2.50. The number of piperidine rings is 1. The van der Waals surface area contributed by atoms with Crippen molar-refractivity contribution in [3.8, 4) is 0 Å². The minimum Gasteiger partial charge on any atom is -0.338 e. The van der Waals surface area contributed by atoms with Crippen LogP contribution in [0.2, 0.25) is 0 Å². The van der Waals surface area contributed by atoms with Crippen LogP contribution >= 0.6 is 0 Å². The molecule has 142 valence electrons. The highest BCUT2D eigenvalue weighted by Gasteiger charge is 2.43. The van der Waals surface area contributed by atoms with Crippen molar-refractivity contribution in [2.75, 3.05) is 26.7 Å². The van der Waals surface area contributed by atoms with Gasteiger partial charge < -0.3 is 9.80 Å². The zero-order chi connectivity index (χ0) is 18.4. The van der Waals surface area contributed by atoms with E-state index < -0.39 is 0 Å². The maximum absolute atomic E-state index is 12.7. The lowest BCUT2D eigenvalue weighted by Gasteiger charge is -2.38. The molecule has 1 atom stereocenters. The van der Waals surface area contributed by atoms with Crippen molar-refractivity contribution >= 4 is 11.8 Å². The van der Waals surface area contributed by atoms with Gasteiger partial charge in [-0.05, 0) is 45.1 Å². The molecular formula is C19H29N5O2. The molecule has 3 fully saturated rings.